The smallest absolute Gasteiger partial charge is 0.269 e. The van der Waals surface area contributed by atoms with Crippen molar-refractivity contribution in [3.63, 3.8) is 0 Å². The van der Waals surface area contributed by atoms with Gasteiger partial charge in [-0.05, 0) is 25.0 Å². The van der Waals surface area contributed by atoms with Crippen LogP contribution >= 0.6 is 0 Å². The van der Waals surface area contributed by atoms with Gasteiger partial charge in [0.15, 0.2) is 11.6 Å². The molecule has 23 heavy (non-hydrogen) atoms. The molecule has 0 unspecified atom stereocenters. The highest BCUT2D eigenvalue weighted by atomic mass is 16.2. The van der Waals surface area contributed by atoms with Crippen LogP contribution in [0.15, 0.2) is 36.7 Å². The van der Waals surface area contributed by atoms with Crippen LogP contribution in [0.25, 0.3) is 0 Å². The molecule has 1 fully saturated rings. The van der Waals surface area contributed by atoms with E-state index in [1.54, 1.807) is 24.3 Å². The predicted molar refractivity (Wildman–Crippen MR) is 89.9 cm³/mol. The first kappa shape index (κ1) is 15.1. The number of nitrogens with one attached hydrogen (secondary N) is 3. The van der Waals surface area contributed by atoms with Gasteiger partial charge in [0.2, 0.25) is 0 Å². The second-order valence-corrected chi connectivity index (χ2v) is 5.56. The zero-order valence-electron chi connectivity index (χ0n) is 12.7. The molecule has 7 heteroatoms. The van der Waals surface area contributed by atoms with Crippen molar-refractivity contribution in [3.05, 3.63) is 42.2 Å². The van der Waals surface area contributed by atoms with Crippen molar-refractivity contribution in [1.29, 1.82) is 0 Å². The third-order valence-corrected chi connectivity index (χ3v) is 3.91. The molecule has 0 radical (unpaired) electrons. The highest BCUT2D eigenvalue weighted by molar-refractivity contribution is 5.95. The van der Waals surface area contributed by atoms with Gasteiger partial charge in [-0.1, -0.05) is 31.0 Å². The number of amides is 1. The van der Waals surface area contributed by atoms with E-state index in [2.05, 4.69) is 26.1 Å². The maximum atomic E-state index is 12.0. The quantitative estimate of drug-likeness (QED) is 0.631. The summed E-state index contributed by atoms with van der Waals surface area (Å²) in [6.07, 6.45) is 6.11. The first-order chi connectivity index (χ1) is 11.2. The molecule has 0 atom stereocenters. The Hall–Kier alpha value is -2.83. The highest BCUT2D eigenvalue weighted by Crippen LogP contribution is 2.26. The Morgan fingerprint density at radius 2 is 1.78 bits per heavy atom. The fourth-order valence-corrected chi connectivity index (χ4v) is 2.65. The molecule has 1 amide bonds. The van der Waals surface area contributed by atoms with Crippen molar-refractivity contribution in [1.82, 2.24) is 15.4 Å². The van der Waals surface area contributed by atoms with E-state index in [9.17, 15) is 4.79 Å². The lowest BCUT2D eigenvalue weighted by Gasteiger charge is -2.16. The second-order valence-electron chi connectivity index (χ2n) is 5.56. The third-order valence-electron chi connectivity index (χ3n) is 3.91. The molecule has 0 aliphatic heterocycles. The summed E-state index contributed by atoms with van der Waals surface area (Å²) >= 11 is 0. The van der Waals surface area contributed by atoms with Crippen LogP contribution in [0.5, 0.6) is 0 Å². The Labute approximate surface area is 134 Å². The Balaban J connectivity index is 1.64. The van der Waals surface area contributed by atoms with Crippen LogP contribution in [0.3, 0.4) is 0 Å². The topological polar surface area (TPSA) is 105 Å². The molecular weight excluding hydrogens is 292 g/mol. The Morgan fingerprint density at radius 3 is 2.52 bits per heavy atom. The van der Waals surface area contributed by atoms with Gasteiger partial charge in [-0.15, -0.1) is 0 Å². The molecule has 1 aromatic carbocycles. The lowest BCUT2D eigenvalue weighted by atomic mass is 10.2. The van der Waals surface area contributed by atoms with Crippen molar-refractivity contribution in [3.8, 4) is 0 Å². The largest absolute Gasteiger partial charge is 0.393 e. The van der Waals surface area contributed by atoms with E-state index in [-0.39, 0.29) is 5.91 Å². The van der Waals surface area contributed by atoms with E-state index in [4.69, 9.17) is 5.73 Å². The summed E-state index contributed by atoms with van der Waals surface area (Å²) in [6, 6.07) is 9.32. The van der Waals surface area contributed by atoms with E-state index in [0.29, 0.717) is 28.9 Å². The van der Waals surface area contributed by atoms with Gasteiger partial charge < -0.3 is 11.1 Å². The van der Waals surface area contributed by atoms with Crippen molar-refractivity contribution >= 4 is 23.2 Å². The van der Waals surface area contributed by atoms with E-state index in [0.717, 1.165) is 12.8 Å². The molecule has 0 saturated heterocycles. The van der Waals surface area contributed by atoms with Gasteiger partial charge >= 0.3 is 0 Å². The summed E-state index contributed by atoms with van der Waals surface area (Å²) in [5.74, 6) is 0.724. The Morgan fingerprint density at radius 1 is 1.09 bits per heavy atom. The number of rotatable bonds is 5. The van der Waals surface area contributed by atoms with Crippen molar-refractivity contribution in [2.75, 3.05) is 16.5 Å². The fourth-order valence-electron chi connectivity index (χ4n) is 2.65. The summed E-state index contributed by atoms with van der Waals surface area (Å²) in [5, 5.41) is 3.34. The molecule has 1 aliphatic carbocycles. The van der Waals surface area contributed by atoms with Crippen LogP contribution in [0.2, 0.25) is 0 Å². The molecule has 1 aromatic heterocycles. The SMILES string of the molecule is Nc1c(NNC(=O)c2ccccc2)ncnc1NC1CCCC1. The van der Waals surface area contributed by atoms with E-state index in [1.807, 2.05) is 6.07 Å². The van der Waals surface area contributed by atoms with Crippen LogP contribution in [0, 0.1) is 0 Å². The zero-order chi connectivity index (χ0) is 16.1. The van der Waals surface area contributed by atoms with Gasteiger partial charge in [-0.25, -0.2) is 9.97 Å². The fraction of sp³-hybridized carbons (Fsp3) is 0.312. The number of hydrogen-bond acceptors (Lipinski definition) is 6. The van der Waals surface area contributed by atoms with Gasteiger partial charge in [0.25, 0.3) is 5.91 Å². The number of carbonyl (C=O) groups excluding carboxylic acids is 1. The number of benzene rings is 1. The molecular formula is C16H20N6O. The van der Waals surface area contributed by atoms with E-state index in [1.165, 1.54) is 19.2 Å². The zero-order valence-corrected chi connectivity index (χ0v) is 12.7. The minimum Gasteiger partial charge on any atom is -0.393 e. The summed E-state index contributed by atoms with van der Waals surface area (Å²) in [4.78, 5) is 20.3. The van der Waals surface area contributed by atoms with Crippen LogP contribution in [0.4, 0.5) is 17.3 Å². The Kier molecular flexibility index (Phi) is 4.56. The first-order valence-corrected chi connectivity index (χ1v) is 7.72. The molecule has 0 spiro atoms. The molecule has 0 bridgehead atoms. The first-order valence-electron chi connectivity index (χ1n) is 7.72. The van der Waals surface area contributed by atoms with E-state index < -0.39 is 0 Å². The van der Waals surface area contributed by atoms with Crippen LogP contribution in [0.1, 0.15) is 36.0 Å². The molecule has 1 saturated carbocycles. The van der Waals surface area contributed by atoms with Gasteiger partial charge in [0.1, 0.15) is 12.0 Å². The van der Waals surface area contributed by atoms with Gasteiger partial charge in [0, 0.05) is 11.6 Å². The van der Waals surface area contributed by atoms with Gasteiger partial charge in [-0.3, -0.25) is 15.6 Å². The molecule has 2 aromatic rings. The number of hydrogen-bond donors (Lipinski definition) is 4. The number of nitrogens with two attached hydrogens (primary N) is 1. The lowest BCUT2D eigenvalue weighted by molar-refractivity contribution is 0.0962. The molecule has 1 aliphatic rings. The van der Waals surface area contributed by atoms with E-state index >= 15 is 0 Å². The number of nitrogen functional groups attached to an aromatic ring is 1. The number of hydrazine groups is 1. The third kappa shape index (κ3) is 3.68. The number of nitrogens with zero attached hydrogens (tertiary/aromatic N) is 2. The monoisotopic (exact) mass is 312 g/mol. The summed E-state index contributed by atoms with van der Waals surface area (Å²) < 4.78 is 0. The normalized spacial score (nSPS) is 14.4. The number of anilines is 3. The summed E-state index contributed by atoms with van der Waals surface area (Å²) in [6.45, 7) is 0. The molecule has 120 valence electrons. The van der Waals surface area contributed by atoms with Crippen molar-refractivity contribution in [2.45, 2.75) is 31.7 Å². The second kappa shape index (κ2) is 6.95. The summed E-state index contributed by atoms with van der Waals surface area (Å²) in [5.41, 5.74) is 12.4. The van der Waals surface area contributed by atoms with Crippen LogP contribution in [-0.4, -0.2) is 21.9 Å². The number of aromatic nitrogens is 2. The summed E-state index contributed by atoms with van der Waals surface area (Å²) in [7, 11) is 0. The average Bonchev–Trinajstić information content (AvgIpc) is 3.09. The maximum Gasteiger partial charge on any atom is 0.269 e. The Bertz CT molecular complexity index is 670. The van der Waals surface area contributed by atoms with Crippen LogP contribution < -0.4 is 21.9 Å². The van der Waals surface area contributed by atoms with Crippen LogP contribution in [-0.2, 0) is 0 Å². The highest BCUT2D eigenvalue weighted by Gasteiger charge is 2.17. The maximum absolute atomic E-state index is 12.0. The molecule has 3 rings (SSSR count). The van der Waals surface area contributed by atoms with Gasteiger partial charge in [-0.2, -0.15) is 0 Å². The molecule has 5 N–H and O–H groups in total. The lowest BCUT2D eigenvalue weighted by Crippen LogP contribution is -2.30. The minimum atomic E-state index is -0.256. The minimum absolute atomic E-state index is 0.256. The van der Waals surface area contributed by atoms with Gasteiger partial charge in [0.05, 0.1) is 0 Å². The average molecular weight is 312 g/mol. The molecule has 7 nitrogen and oxygen atoms in total. The standard InChI is InChI=1S/C16H20N6O/c17-13-14(20-12-8-4-5-9-12)18-10-19-15(13)21-22-16(23)11-6-2-1-3-7-11/h1-3,6-7,10,12H,4-5,8-9,17H2,(H,22,23)(H2,18,19,20,21). The molecule has 1 heterocycles. The number of carbonyl (C=O) groups is 1. The predicted octanol–water partition coefficient (Wildman–Crippen LogP) is 2.17. The van der Waals surface area contributed by atoms with Crippen molar-refractivity contribution < 1.29 is 4.79 Å². The van der Waals surface area contributed by atoms with Crippen molar-refractivity contribution in [2.24, 2.45) is 0 Å².